The monoisotopic (exact) mass is 374 g/mol. The highest BCUT2D eigenvalue weighted by molar-refractivity contribution is 9.09. The zero-order chi connectivity index (χ0) is 16.2. The Kier molecular flexibility index (Phi) is 5.52. The van der Waals surface area contributed by atoms with Crippen molar-refractivity contribution in [3.63, 3.8) is 0 Å². The zero-order valence-electron chi connectivity index (χ0n) is 11.4. The quantitative estimate of drug-likeness (QED) is 0.541. The van der Waals surface area contributed by atoms with Gasteiger partial charge in [-0.2, -0.15) is 0 Å². The summed E-state index contributed by atoms with van der Waals surface area (Å²) in [5, 5.41) is 19.5. The topological polar surface area (TPSA) is 102 Å². The van der Waals surface area contributed by atoms with E-state index in [9.17, 15) is 14.7 Å². The number of rotatable bonds is 7. The maximum absolute atomic E-state index is 11.1. The molecule has 1 heterocycles. The number of benzene rings is 1. The average molecular weight is 375 g/mol. The van der Waals surface area contributed by atoms with Gasteiger partial charge in [0.1, 0.15) is 17.2 Å². The number of halogens is 1. The first-order chi connectivity index (χ1) is 10.4. The maximum Gasteiger partial charge on any atom is 0.335 e. The first-order valence-corrected chi connectivity index (χ1v) is 7.29. The minimum atomic E-state index is -1.43. The number of alkyl halides is 1. The molecular formula is C14H15BrO7. The zero-order valence-corrected chi connectivity index (χ0v) is 13.0. The number of carbonyl (C=O) groups excluding carboxylic acids is 1. The molecule has 1 aromatic rings. The van der Waals surface area contributed by atoms with Gasteiger partial charge in [-0.1, -0.05) is 30.3 Å². The van der Waals surface area contributed by atoms with Crippen molar-refractivity contribution >= 4 is 28.4 Å². The Balaban J connectivity index is 2.04. The number of carboxylic acid groups (broad SMARTS) is 1. The number of carbonyl (C=O) groups is 2. The van der Waals surface area contributed by atoms with Crippen LogP contribution in [0.15, 0.2) is 30.3 Å². The van der Waals surface area contributed by atoms with E-state index in [1.165, 1.54) is 0 Å². The van der Waals surface area contributed by atoms with Crippen LogP contribution >= 0.6 is 15.9 Å². The summed E-state index contributed by atoms with van der Waals surface area (Å²) in [6.45, 7) is -0.0244. The summed E-state index contributed by atoms with van der Waals surface area (Å²) in [5.74, 6) is -1.22. The second-order valence-electron chi connectivity index (χ2n) is 4.76. The molecule has 22 heavy (non-hydrogen) atoms. The molecule has 0 bridgehead atoms. The number of aliphatic carboxylic acids is 1. The Hall–Kier alpha value is -1.48. The van der Waals surface area contributed by atoms with Crippen molar-refractivity contribution in [1.82, 2.24) is 0 Å². The number of hydrogen-bond acceptors (Lipinski definition) is 6. The molecule has 8 heteroatoms. The average Bonchev–Trinajstić information content (AvgIpc) is 2.88. The molecule has 4 atom stereocenters. The van der Waals surface area contributed by atoms with Gasteiger partial charge in [0.2, 0.25) is 0 Å². The van der Waals surface area contributed by atoms with Gasteiger partial charge >= 0.3 is 5.97 Å². The van der Waals surface area contributed by atoms with Crippen LogP contribution in [0.4, 0.5) is 0 Å². The highest BCUT2D eigenvalue weighted by Gasteiger charge is 2.44. The second kappa shape index (κ2) is 7.19. The Morgan fingerprint density at radius 2 is 2.05 bits per heavy atom. The molecule has 120 valence electrons. The van der Waals surface area contributed by atoms with Crippen molar-refractivity contribution in [2.45, 2.75) is 29.4 Å². The van der Waals surface area contributed by atoms with E-state index in [2.05, 4.69) is 20.7 Å². The lowest BCUT2D eigenvalue weighted by Crippen LogP contribution is -2.34. The highest BCUT2D eigenvalue weighted by atomic mass is 79.9. The summed E-state index contributed by atoms with van der Waals surface area (Å²) in [4.78, 5) is 21.4. The molecule has 2 N–H and O–H groups in total. The van der Waals surface area contributed by atoms with Crippen molar-refractivity contribution in [2.24, 2.45) is 0 Å². The fraction of sp³-hybridized carbons (Fsp3) is 0.429. The van der Waals surface area contributed by atoms with Crippen LogP contribution < -0.4 is 0 Å². The molecule has 1 unspecified atom stereocenters. The number of carboxylic acids is 1. The molecule has 2 rings (SSSR count). The molecule has 1 fully saturated rings. The summed E-state index contributed by atoms with van der Waals surface area (Å²) in [6, 6.07) is 8.76. The smallest absolute Gasteiger partial charge is 0.335 e. The van der Waals surface area contributed by atoms with E-state index in [1.54, 1.807) is 24.3 Å². The summed E-state index contributed by atoms with van der Waals surface area (Å²) in [5.41, 5.74) is 0.585. The van der Waals surface area contributed by atoms with Crippen LogP contribution in [-0.2, 0) is 28.3 Å². The van der Waals surface area contributed by atoms with Crippen LogP contribution in [-0.4, -0.2) is 47.8 Å². The van der Waals surface area contributed by atoms with Gasteiger partial charge in [0.15, 0.2) is 12.4 Å². The molecule has 0 saturated carbocycles. The predicted octanol–water partition coefficient (Wildman–Crippen LogP) is 0.984. The molecular weight excluding hydrogens is 360 g/mol. The fourth-order valence-corrected chi connectivity index (χ4v) is 2.68. The first kappa shape index (κ1) is 16.9. The minimum Gasteiger partial charge on any atom is -0.479 e. The predicted molar refractivity (Wildman–Crippen MR) is 77.1 cm³/mol. The summed E-state index contributed by atoms with van der Waals surface area (Å²) >= 11 is 3.19. The molecule has 0 aromatic heterocycles. The van der Waals surface area contributed by atoms with E-state index in [0.29, 0.717) is 5.56 Å². The molecule has 1 aromatic carbocycles. The molecule has 0 aliphatic carbocycles. The van der Waals surface area contributed by atoms with Crippen LogP contribution in [0.25, 0.3) is 0 Å². The van der Waals surface area contributed by atoms with Crippen LogP contribution in [0.5, 0.6) is 0 Å². The Labute approximate surface area is 134 Å². The summed E-state index contributed by atoms with van der Waals surface area (Å²) < 4.78 is 13.8. The van der Waals surface area contributed by atoms with Crippen molar-refractivity contribution in [3.8, 4) is 0 Å². The molecule has 0 spiro atoms. The molecule has 1 aliphatic rings. The van der Waals surface area contributed by atoms with Crippen LogP contribution in [0.3, 0.4) is 0 Å². The number of ether oxygens (including phenoxy) is 3. The standard InChI is InChI=1S/C14H15BrO7/c15-14(19,9-4-2-1-3-5-9)6-11-21-10(7-20-8-16)12(22-11)13(17)18/h1-5,8,10-12,19H,6-7H2,(H,17,18)/t10-,11+,12-,14?/m1/s1. The van der Waals surface area contributed by atoms with Crippen molar-refractivity contribution < 1.29 is 34.0 Å². The third kappa shape index (κ3) is 4.04. The van der Waals surface area contributed by atoms with Crippen molar-refractivity contribution in [1.29, 1.82) is 0 Å². The Morgan fingerprint density at radius 1 is 1.36 bits per heavy atom. The third-order valence-electron chi connectivity index (χ3n) is 3.19. The highest BCUT2D eigenvalue weighted by Crippen LogP contribution is 2.36. The van der Waals surface area contributed by atoms with Gasteiger partial charge in [0.25, 0.3) is 6.47 Å². The van der Waals surface area contributed by atoms with Crippen molar-refractivity contribution in [3.05, 3.63) is 35.9 Å². The van der Waals surface area contributed by atoms with Crippen LogP contribution in [0, 0.1) is 0 Å². The Bertz CT molecular complexity index is 519. The van der Waals surface area contributed by atoms with Gasteiger partial charge in [-0.3, -0.25) is 4.79 Å². The van der Waals surface area contributed by atoms with E-state index in [-0.39, 0.29) is 19.5 Å². The third-order valence-corrected chi connectivity index (χ3v) is 3.97. The lowest BCUT2D eigenvalue weighted by atomic mass is 10.1. The maximum atomic E-state index is 11.1. The van der Waals surface area contributed by atoms with Crippen LogP contribution in [0.1, 0.15) is 12.0 Å². The molecule has 1 aliphatic heterocycles. The van der Waals surface area contributed by atoms with E-state index in [0.717, 1.165) is 0 Å². The van der Waals surface area contributed by atoms with Crippen LogP contribution in [0.2, 0.25) is 0 Å². The lowest BCUT2D eigenvalue weighted by molar-refractivity contribution is -0.153. The second-order valence-corrected chi connectivity index (χ2v) is 6.07. The van der Waals surface area contributed by atoms with E-state index in [4.69, 9.17) is 14.6 Å². The fourth-order valence-electron chi connectivity index (χ4n) is 2.16. The van der Waals surface area contributed by atoms with Gasteiger partial charge in [-0.05, 0) is 21.5 Å². The van der Waals surface area contributed by atoms with Gasteiger partial charge in [-0.15, -0.1) is 0 Å². The number of aliphatic hydroxyl groups is 1. The van der Waals surface area contributed by atoms with Gasteiger partial charge < -0.3 is 24.4 Å². The minimum absolute atomic E-state index is 0.0294. The SMILES string of the molecule is O=COC[C@H]1O[C@H](CC(O)(Br)c2ccccc2)O[C@H]1C(=O)O. The summed E-state index contributed by atoms with van der Waals surface area (Å²) in [7, 11) is 0. The van der Waals surface area contributed by atoms with E-state index < -0.39 is 29.0 Å². The molecule has 0 radical (unpaired) electrons. The molecule has 0 amide bonds. The van der Waals surface area contributed by atoms with E-state index in [1.807, 2.05) is 6.07 Å². The molecule has 1 saturated heterocycles. The van der Waals surface area contributed by atoms with Gasteiger partial charge in [0.05, 0.1) is 0 Å². The normalized spacial score (nSPS) is 27.1. The van der Waals surface area contributed by atoms with Gasteiger partial charge in [0, 0.05) is 6.42 Å². The summed E-state index contributed by atoms with van der Waals surface area (Å²) in [6.07, 6.45) is -3.17. The lowest BCUT2D eigenvalue weighted by Gasteiger charge is -2.24. The molecule has 7 nitrogen and oxygen atoms in total. The Morgan fingerprint density at radius 3 is 2.64 bits per heavy atom. The number of hydrogen-bond donors (Lipinski definition) is 2. The van der Waals surface area contributed by atoms with E-state index >= 15 is 0 Å². The van der Waals surface area contributed by atoms with Gasteiger partial charge in [-0.25, -0.2) is 4.79 Å². The largest absolute Gasteiger partial charge is 0.479 e. The van der Waals surface area contributed by atoms with Crippen molar-refractivity contribution in [2.75, 3.05) is 6.61 Å². The first-order valence-electron chi connectivity index (χ1n) is 6.50.